The summed E-state index contributed by atoms with van der Waals surface area (Å²) >= 11 is 1.65. The van der Waals surface area contributed by atoms with Crippen molar-refractivity contribution in [3.05, 3.63) is 53.4 Å². The second-order valence-electron chi connectivity index (χ2n) is 4.38. The minimum atomic E-state index is 0.273. The van der Waals surface area contributed by atoms with Gasteiger partial charge >= 0.3 is 0 Å². The molecule has 1 aromatic heterocycles. The highest BCUT2D eigenvalue weighted by molar-refractivity contribution is 7.17. The summed E-state index contributed by atoms with van der Waals surface area (Å²) in [5, 5.41) is 12.7. The van der Waals surface area contributed by atoms with Crippen molar-refractivity contribution in [2.75, 3.05) is 7.11 Å². The first kappa shape index (κ1) is 12.8. The van der Waals surface area contributed by atoms with E-state index in [4.69, 9.17) is 9.47 Å². The van der Waals surface area contributed by atoms with Crippen molar-refractivity contribution in [3.63, 3.8) is 0 Å². The fourth-order valence-corrected chi connectivity index (χ4v) is 3.00. The summed E-state index contributed by atoms with van der Waals surface area (Å²) in [5.74, 6) is 1.71. The van der Waals surface area contributed by atoms with E-state index >= 15 is 0 Å². The molecular formula is C16H14O3S. The van der Waals surface area contributed by atoms with Crippen LogP contribution in [0.4, 0.5) is 0 Å². The molecule has 0 aliphatic heterocycles. The SMILES string of the molecule is COc1ccccc1OCc1csc2ccc(O)cc12. The monoisotopic (exact) mass is 286 g/mol. The highest BCUT2D eigenvalue weighted by Crippen LogP contribution is 2.31. The smallest absolute Gasteiger partial charge is 0.161 e. The molecule has 3 aromatic rings. The van der Waals surface area contributed by atoms with E-state index in [2.05, 4.69) is 5.38 Å². The molecule has 0 radical (unpaired) electrons. The van der Waals surface area contributed by atoms with E-state index in [0.29, 0.717) is 6.61 Å². The summed E-state index contributed by atoms with van der Waals surface area (Å²) in [7, 11) is 1.63. The van der Waals surface area contributed by atoms with Crippen LogP contribution >= 0.6 is 11.3 Å². The maximum Gasteiger partial charge on any atom is 0.161 e. The number of methoxy groups -OCH3 is 1. The Hall–Kier alpha value is -2.20. The average Bonchev–Trinajstić information content (AvgIpc) is 2.87. The molecule has 0 atom stereocenters. The Kier molecular flexibility index (Phi) is 3.48. The van der Waals surface area contributed by atoms with Gasteiger partial charge in [-0.15, -0.1) is 11.3 Å². The Bertz CT molecular complexity index is 733. The van der Waals surface area contributed by atoms with Gasteiger partial charge in [0.2, 0.25) is 0 Å². The molecule has 3 nitrogen and oxygen atoms in total. The van der Waals surface area contributed by atoms with Gasteiger partial charge in [-0.3, -0.25) is 0 Å². The van der Waals surface area contributed by atoms with Crippen molar-refractivity contribution in [2.24, 2.45) is 0 Å². The Morgan fingerprint density at radius 1 is 1.10 bits per heavy atom. The Morgan fingerprint density at radius 3 is 2.70 bits per heavy atom. The van der Waals surface area contributed by atoms with Crippen LogP contribution in [0.2, 0.25) is 0 Å². The quantitative estimate of drug-likeness (QED) is 0.781. The zero-order valence-corrected chi connectivity index (χ0v) is 11.8. The number of hydrogen-bond acceptors (Lipinski definition) is 4. The van der Waals surface area contributed by atoms with Gasteiger partial charge in [-0.25, -0.2) is 0 Å². The van der Waals surface area contributed by atoms with Crippen molar-refractivity contribution in [1.29, 1.82) is 0 Å². The zero-order chi connectivity index (χ0) is 13.9. The average molecular weight is 286 g/mol. The summed E-state index contributed by atoms with van der Waals surface area (Å²) in [5.41, 5.74) is 1.06. The third-order valence-electron chi connectivity index (χ3n) is 3.09. The van der Waals surface area contributed by atoms with Crippen LogP contribution in [0.1, 0.15) is 5.56 Å². The molecule has 0 unspecified atom stereocenters. The minimum absolute atomic E-state index is 0.273. The van der Waals surface area contributed by atoms with Crippen LogP contribution in [-0.4, -0.2) is 12.2 Å². The Morgan fingerprint density at radius 2 is 1.90 bits per heavy atom. The second kappa shape index (κ2) is 5.43. The molecule has 0 spiro atoms. The van der Waals surface area contributed by atoms with E-state index in [1.54, 1.807) is 30.6 Å². The van der Waals surface area contributed by atoms with Gasteiger partial charge in [-0.2, -0.15) is 0 Å². The lowest BCUT2D eigenvalue weighted by atomic mass is 10.2. The van der Waals surface area contributed by atoms with E-state index in [0.717, 1.165) is 27.1 Å². The summed E-state index contributed by atoms with van der Waals surface area (Å²) in [6.07, 6.45) is 0. The second-order valence-corrected chi connectivity index (χ2v) is 5.29. The molecule has 102 valence electrons. The van der Waals surface area contributed by atoms with Crippen molar-refractivity contribution in [2.45, 2.75) is 6.61 Å². The molecule has 0 fully saturated rings. The predicted octanol–water partition coefficient (Wildman–Crippen LogP) is 4.19. The molecular weight excluding hydrogens is 272 g/mol. The lowest BCUT2D eigenvalue weighted by molar-refractivity contribution is 0.286. The maximum atomic E-state index is 9.58. The standard InChI is InChI=1S/C16H14O3S/c1-18-14-4-2-3-5-15(14)19-9-11-10-20-16-7-6-12(17)8-13(11)16/h2-8,10,17H,9H2,1H3. The van der Waals surface area contributed by atoms with Gasteiger partial charge < -0.3 is 14.6 Å². The first-order valence-corrected chi connectivity index (χ1v) is 7.11. The maximum absolute atomic E-state index is 9.58. The lowest BCUT2D eigenvalue weighted by Gasteiger charge is -2.09. The number of fused-ring (bicyclic) bond motifs is 1. The van der Waals surface area contributed by atoms with Gasteiger partial charge in [0, 0.05) is 15.6 Å². The molecule has 0 amide bonds. The topological polar surface area (TPSA) is 38.7 Å². The number of phenols is 1. The Labute approximate surface area is 121 Å². The number of para-hydroxylation sites is 2. The van der Waals surface area contributed by atoms with E-state index < -0.39 is 0 Å². The summed E-state index contributed by atoms with van der Waals surface area (Å²) in [6, 6.07) is 13.0. The fraction of sp³-hybridized carbons (Fsp3) is 0.125. The third kappa shape index (κ3) is 2.42. The number of phenolic OH excluding ortho intramolecular Hbond substituents is 1. The molecule has 3 rings (SSSR count). The summed E-state index contributed by atoms with van der Waals surface area (Å²) in [4.78, 5) is 0. The van der Waals surface area contributed by atoms with E-state index in [-0.39, 0.29) is 5.75 Å². The van der Waals surface area contributed by atoms with Crippen LogP contribution < -0.4 is 9.47 Å². The van der Waals surface area contributed by atoms with Crippen LogP contribution in [0, 0.1) is 0 Å². The number of rotatable bonds is 4. The van der Waals surface area contributed by atoms with Crippen LogP contribution in [-0.2, 0) is 6.61 Å². The molecule has 1 N–H and O–H groups in total. The molecule has 20 heavy (non-hydrogen) atoms. The molecule has 0 aliphatic rings. The summed E-state index contributed by atoms with van der Waals surface area (Å²) < 4.78 is 12.2. The number of thiophene rings is 1. The van der Waals surface area contributed by atoms with E-state index in [1.165, 1.54) is 0 Å². The molecule has 0 saturated heterocycles. The normalized spacial score (nSPS) is 10.7. The van der Waals surface area contributed by atoms with Gasteiger partial charge in [-0.1, -0.05) is 12.1 Å². The highest BCUT2D eigenvalue weighted by Gasteiger charge is 2.08. The molecule has 4 heteroatoms. The van der Waals surface area contributed by atoms with Gasteiger partial charge in [0.05, 0.1) is 7.11 Å². The first-order chi connectivity index (χ1) is 9.78. The first-order valence-electron chi connectivity index (χ1n) is 6.23. The van der Waals surface area contributed by atoms with Crippen molar-refractivity contribution >= 4 is 21.4 Å². The minimum Gasteiger partial charge on any atom is -0.508 e. The van der Waals surface area contributed by atoms with Crippen LogP contribution in [0.15, 0.2) is 47.8 Å². The van der Waals surface area contributed by atoms with Gasteiger partial charge in [0.15, 0.2) is 11.5 Å². The fourth-order valence-electron chi connectivity index (χ4n) is 2.08. The summed E-state index contributed by atoms with van der Waals surface area (Å²) in [6.45, 7) is 0.448. The molecule has 1 heterocycles. The predicted molar refractivity (Wildman–Crippen MR) is 80.8 cm³/mol. The lowest BCUT2D eigenvalue weighted by Crippen LogP contribution is -1.96. The van der Waals surface area contributed by atoms with E-state index in [1.807, 2.05) is 30.3 Å². The van der Waals surface area contributed by atoms with Crippen LogP contribution in [0.5, 0.6) is 17.2 Å². The van der Waals surface area contributed by atoms with E-state index in [9.17, 15) is 5.11 Å². The largest absolute Gasteiger partial charge is 0.508 e. The molecule has 2 aromatic carbocycles. The highest BCUT2D eigenvalue weighted by atomic mass is 32.1. The molecule has 0 aliphatic carbocycles. The van der Waals surface area contributed by atoms with Crippen molar-refractivity contribution in [3.8, 4) is 17.2 Å². The number of ether oxygens (including phenoxy) is 2. The molecule has 0 saturated carbocycles. The Balaban J connectivity index is 1.85. The number of hydrogen-bond donors (Lipinski definition) is 1. The number of aromatic hydroxyl groups is 1. The van der Waals surface area contributed by atoms with Crippen molar-refractivity contribution < 1.29 is 14.6 Å². The zero-order valence-electron chi connectivity index (χ0n) is 11.0. The number of benzene rings is 2. The van der Waals surface area contributed by atoms with Crippen LogP contribution in [0.25, 0.3) is 10.1 Å². The third-order valence-corrected chi connectivity index (χ3v) is 4.10. The van der Waals surface area contributed by atoms with Gasteiger partial charge in [0.1, 0.15) is 12.4 Å². The van der Waals surface area contributed by atoms with Crippen molar-refractivity contribution in [1.82, 2.24) is 0 Å². The molecule has 0 bridgehead atoms. The van der Waals surface area contributed by atoms with Crippen LogP contribution in [0.3, 0.4) is 0 Å². The van der Waals surface area contributed by atoms with Gasteiger partial charge in [0.25, 0.3) is 0 Å². The van der Waals surface area contributed by atoms with Gasteiger partial charge in [-0.05, 0) is 35.7 Å².